The monoisotopic (exact) mass is 249 g/mol. The highest BCUT2D eigenvalue weighted by atomic mass is 16.4. The number of carbonyl (C=O) groups is 2. The first kappa shape index (κ1) is 13.4. The predicted molar refractivity (Wildman–Crippen MR) is 63.5 cm³/mol. The molecule has 0 saturated carbocycles. The van der Waals surface area contributed by atoms with Gasteiger partial charge in [-0.15, -0.1) is 0 Å². The number of carboxylic acids is 1. The number of carbonyl (C=O) groups excluding carboxylic acids is 2. The summed E-state index contributed by atoms with van der Waals surface area (Å²) in [5.74, 6) is -0.980. The van der Waals surface area contributed by atoms with Crippen LogP contribution in [0.1, 0.15) is 6.42 Å². The lowest BCUT2D eigenvalue weighted by Crippen LogP contribution is -2.30. The van der Waals surface area contributed by atoms with Gasteiger partial charge in [-0.3, -0.25) is 4.79 Å². The third-order valence-electron chi connectivity index (χ3n) is 1.92. The quantitative estimate of drug-likeness (QED) is 0.539. The molecule has 0 spiro atoms. The zero-order chi connectivity index (χ0) is 13.4. The van der Waals surface area contributed by atoms with Gasteiger partial charge >= 0.3 is 12.0 Å². The van der Waals surface area contributed by atoms with Crippen LogP contribution in [0.3, 0.4) is 0 Å². The molecule has 0 bridgehead atoms. The van der Waals surface area contributed by atoms with Crippen molar-refractivity contribution in [2.45, 2.75) is 6.42 Å². The average Bonchev–Trinajstić information content (AvgIpc) is 2.31. The number of amides is 2. The lowest BCUT2D eigenvalue weighted by molar-refractivity contribution is -0.136. The van der Waals surface area contributed by atoms with Gasteiger partial charge in [0.15, 0.2) is 0 Å². The summed E-state index contributed by atoms with van der Waals surface area (Å²) in [6.45, 7) is 0.0503. The van der Waals surface area contributed by atoms with E-state index in [9.17, 15) is 14.4 Å². The number of isocyanates is 1. The van der Waals surface area contributed by atoms with Gasteiger partial charge in [-0.05, 0) is 24.3 Å². The third-order valence-corrected chi connectivity index (χ3v) is 1.92. The van der Waals surface area contributed by atoms with Crippen molar-refractivity contribution in [2.75, 3.05) is 11.9 Å². The molecule has 3 N–H and O–H groups in total. The average molecular weight is 249 g/mol. The van der Waals surface area contributed by atoms with Gasteiger partial charge in [-0.2, -0.15) is 4.99 Å². The first-order chi connectivity index (χ1) is 8.61. The SMILES string of the molecule is O=C=Nc1ccc(NC(=O)NCCC(=O)O)cc1. The predicted octanol–water partition coefficient (Wildman–Crippen LogP) is 1.25. The molecule has 0 heterocycles. The molecule has 0 fully saturated rings. The van der Waals surface area contributed by atoms with Crippen LogP contribution in [0.2, 0.25) is 0 Å². The van der Waals surface area contributed by atoms with E-state index in [1.165, 1.54) is 18.2 Å². The van der Waals surface area contributed by atoms with Crippen LogP contribution in [0.25, 0.3) is 0 Å². The van der Waals surface area contributed by atoms with Crippen LogP contribution in [0.5, 0.6) is 0 Å². The number of hydrogen-bond acceptors (Lipinski definition) is 4. The Morgan fingerprint density at radius 3 is 2.50 bits per heavy atom. The number of rotatable bonds is 5. The van der Waals surface area contributed by atoms with E-state index >= 15 is 0 Å². The topological polar surface area (TPSA) is 108 Å². The molecule has 7 nitrogen and oxygen atoms in total. The highest BCUT2D eigenvalue weighted by Gasteiger charge is 2.02. The number of anilines is 1. The summed E-state index contributed by atoms with van der Waals surface area (Å²) in [5, 5.41) is 13.3. The fourth-order valence-electron chi connectivity index (χ4n) is 1.13. The Morgan fingerprint density at radius 1 is 1.28 bits per heavy atom. The molecule has 1 aromatic rings. The van der Waals surface area contributed by atoms with Crippen molar-refractivity contribution in [3.63, 3.8) is 0 Å². The molecular formula is C11H11N3O4. The number of nitrogens with one attached hydrogen (secondary N) is 2. The van der Waals surface area contributed by atoms with Crippen LogP contribution < -0.4 is 10.6 Å². The molecule has 1 rings (SSSR count). The Bertz CT molecular complexity index is 478. The van der Waals surface area contributed by atoms with Crippen molar-refractivity contribution in [1.82, 2.24) is 5.32 Å². The van der Waals surface area contributed by atoms with Crippen molar-refractivity contribution in [3.05, 3.63) is 24.3 Å². The molecule has 18 heavy (non-hydrogen) atoms. The van der Waals surface area contributed by atoms with Crippen LogP contribution in [0.15, 0.2) is 29.3 Å². The molecule has 94 valence electrons. The number of aliphatic imine (C=N–C) groups is 1. The van der Waals surface area contributed by atoms with E-state index in [4.69, 9.17) is 5.11 Å². The number of nitrogens with zero attached hydrogens (tertiary/aromatic N) is 1. The molecule has 0 aromatic heterocycles. The largest absolute Gasteiger partial charge is 0.481 e. The van der Waals surface area contributed by atoms with Crippen LogP contribution in [0, 0.1) is 0 Å². The highest BCUT2D eigenvalue weighted by Crippen LogP contribution is 2.15. The maximum absolute atomic E-state index is 11.3. The first-order valence-electron chi connectivity index (χ1n) is 5.06. The lowest BCUT2D eigenvalue weighted by atomic mass is 10.3. The number of hydrogen-bond donors (Lipinski definition) is 3. The van der Waals surface area contributed by atoms with Crippen LogP contribution >= 0.6 is 0 Å². The molecular weight excluding hydrogens is 238 g/mol. The molecule has 0 saturated heterocycles. The van der Waals surface area contributed by atoms with Crippen molar-refractivity contribution in [3.8, 4) is 0 Å². The van der Waals surface area contributed by atoms with Gasteiger partial charge in [0.05, 0.1) is 12.1 Å². The summed E-state index contributed by atoms with van der Waals surface area (Å²) in [7, 11) is 0. The molecule has 0 radical (unpaired) electrons. The number of carboxylic acid groups (broad SMARTS) is 1. The minimum Gasteiger partial charge on any atom is -0.481 e. The maximum atomic E-state index is 11.3. The van der Waals surface area contributed by atoms with Gasteiger partial charge in [0.25, 0.3) is 0 Å². The van der Waals surface area contributed by atoms with Crippen molar-refractivity contribution in [2.24, 2.45) is 4.99 Å². The molecule has 0 aliphatic carbocycles. The van der Waals surface area contributed by atoms with E-state index in [2.05, 4.69) is 15.6 Å². The minimum atomic E-state index is -0.980. The third kappa shape index (κ3) is 4.91. The number of benzene rings is 1. The zero-order valence-corrected chi connectivity index (χ0v) is 9.34. The van der Waals surface area contributed by atoms with Gasteiger partial charge in [0, 0.05) is 12.2 Å². The molecule has 0 unspecified atom stereocenters. The Hall–Kier alpha value is -2.66. The van der Waals surface area contributed by atoms with E-state index < -0.39 is 12.0 Å². The summed E-state index contributed by atoms with van der Waals surface area (Å²) in [5.41, 5.74) is 0.939. The molecule has 1 aromatic carbocycles. The maximum Gasteiger partial charge on any atom is 0.319 e. The van der Waals surface area contributed by atoms with Crippen molar-refractivity contribution >= 4 is 29.5 Å². The fraction of sp³-hybridized carbons (Fsp3) is 0.182. The van der Waals surface area contributed by atoms with Crippen LogP contribution in [0.4, 0.5) is 16.2 Å². The Labute approximate surface area is 103 Å². The van der Waals surface area contributed by atoms with E-state index in [1.807, 2.05) is 0 Å². The van der Waals surface area contributed by atoms with Crippen molar-refractivity contribution in [1.29, 1.82) is 0 Å². The Morgan fingerprint density at radius 2 is 1.94 bits per heavy atom. The summed E-state index contributed by atoms with van der Waals surface area (Å²) >= 11 is 0. The zero-order valence-electron chi connectivity index (χ0n) is 9.34. The normalized spacial score (nSPS) is 9.11. The molecule has 2 amide bonds. The lowest BCUT2D eigenvalue weighted by Gasteiger charge is -2.06. The summed E-state index contributed by atoms with van der Waals surface area (Å²) < 4.78 is 0. The Kier molecular flexibility index (Phi) is 5.08. The standard InChI is InChI=1S/C11H11N3O4/c15-7-13-8-1-3-9(4-2-8)14-11(18)12-6-5-10(16)17/h1-4H,5-6H2,(H,16,17)(H2,12,14,18). The number of aliphatic carboxylic acids is 1. The van der Waals surface area contributed by atoms with E-state index in [0.717, 1.165) is 0 Å². The second kappa shape index (κ2) is 6.82. The van der Waals surface area contributed by atoms with E-state index in [0.29, 0.717) is 11.4 Å². The van der Waals surface area contributed by atoms with Crippen LogP contribution in [-0.4, -0.2) is 29.7 Å². The molecule has 7 heteroatoms. The highest BCUT2D eigenvalue weighted by molar-refractivity contribution is 5.89. The van der Waals surface area contributed by atoms with E-state index in [-0.39, 0.29) is 13.0 Å². The van der Waals surface area contributed by atoms with Gasteiger partial charge in [-0.25, -0.2) is 9.59 Å². The molecule has 0 aliphatic heterocycles. The Balaban J connectivity index is 2.44. The second-order valence-electron chi connectivity index (χ2n) is 3.27. The summed E-state index contributed by atoms with van der Waals surface area (Å²) in [4.78, 5) is 34.9. The number of urea groups is 1. The minimum absolute atomic E-state index is 0.0503. The van der Waals surface area contributed by atoms with E-state index in [1.54, 1.807) is 12.1 Å². The first-order valence-corrected chi connectivity index (χ1v) is 5.06. The molecule has 0 aliphatic rings. The molecule has 0 atom stereocenters. The second-order valence-corrected chi connectivity index (χ2v) is 3.27. The van der Waals surface area contributed by atoms with Crippen molar-refractivity contribution < 1.29 is 19.5 Å². The van der Waals surface area contributed by atoms with Gasteiger partial charge < -0.3 is 15.7 Å². The van der Waals surface area contributed by atoms with Crippen LogP contribution in [-0.2, 0) is 9.59 Å². The fourth-order valence-corrected chi connectivity index (χ4v) is 1.13. The van der Waals surface area contributed by atoms with Gasteiger partial charge in [0.1, 0.15) is 0 Å². The van der Waals surface area contributed by atoms with Gasteiger partial charge in [0.2, 0.25) is 6.08 Å². The smallest absolute Gasteiger partial charge is 0.319 e. The van der Waals surface area contributed by atoms with Gasteiger partial charge in [-0.1, -0.05) is 0 Å². The summed E-state index contributed by atoms with van der Waals surface area (Å²) in [6, 6.07) is 5.71. The summed E-state index contributed by atoms with van der Waals surface area (Å²) in [6.07, 6.45) is 1.26.